The van der Waals surface area contributed by atoms with Crippen LogP contribution in [-0.2, 0) is 17.4 Å². The number of rotatable bonds is 8. The van der Waals surface area contributed by atoms with Crippen LogP contribution in [0.4, 0.5) is 13.2 Å². The molecule has 144 valence electrons. The number of halogens is 3. The normalized spacial score (nSPS) is 11.1. The average Bonchev–Trinajstić information content (AvgIpc) is 2.63. The number of ether oxygens (including phenoxy) is 1. The number of benzene rings is 1. The lowest BCUT2D eigenvalue weighted by Gasteiger charge is -2.12. The zero-order valence-electron chi connectivity index (χ0n) is 14.1. The number of aryl methyl sites for hydroxylation is 1. The number of aromatic carboxylic acids is 1. The lowest BCUT2D eigenvalue weighted by molar-refractivity contribution is -0.139. The van der Waals surface area contributed by atoms with Gasteiger partial charge in [-0.3, -0.25) is 4.79 Å². The molecule has 0 radical (unpaired) electrons. The Morgan fingerprint density at radius 2 is 1.85 bits per heavy atom. The molecule has 0 atom stereocenters. The standard InChI is InChI=1S/C18H17F3N2O4/c19-18(20,21)14-2-1-9-23-16(14)27-11-10-22-15(24)8-5-12-3-6-13(7-4-12)17(25)26/h1-4,6-7,9H,5,8,10-11H2,(H,22,24)(H,25,26). The Balaban J connectivity index is 1.73. The molecule has 0 fully saturated rings. The van der Waals surface area contributed by atoms with Gasteiger partial charge in [0.2, 0.25) is 11.8 Å². The van der Waals surface area contributed by atoms with Crippen molar-refractivity contribution in [3.8, 4) is 5.88 Å². The smallest absolute Gasteiger partial charge is 0.421 e. The average molecular weight is 382 g/mol. The third kappa shape index (κ3) is 6.28. The number of amides is 1. The molecule has 0 aliphatic carbocycles. The Hall–Kier alpha value is -3.10. The Kier molecular flexibility index (Phi) is 6.75. The van der Waals surface area contributed by atoms with E-state index in [9.17, 15) is 22.8 Å². The number of aromatic nitrogens is 1. The van der Waals surface area contributed by atoms with Crippen molar-refractivity contribution in [1.82, 2.24) is 10.3 Å². The van der Waals surface area contributed by atoms with Crippen molar-refractivity contribution in [1.29, 1.82) is 0 Å². The minimum atomic E-state index is -4.57. The molecule has 1 aromatic carbocycles. The quantitative estimate of drug-likeness (QED) is 0.686. The second kappa shape index (κ2) is 9.02. The molecular weight excluding hydrogens is 365 g/mol. The zero-order valence-corrected chi connectivity index (χ0v) is 14.1. The van der Waals surface area contributed by atoms with E-state index in [1.54, 1.807) is 12.1 Å². The van der Waals surface area contributed by atoms with E-state index in [1.165, 1.54) is 24.4 Å². The SMILES string of the molecule is O=C(CCc1ccc(C(=O)O)cc1)NCCOc1ncccc1C(F)(F)F. The molecule has 2 N–H and O–H groups in total. The molecule has 0 saturated carbocycles. The number of nitrogens with zero attached hydrogens (tertiary/aromatic N) is 1. The maximum Gasteiger partial charge on any atom is 0.421 e. The van der Waals surface area contributed by atoms with E-state index < -0.39 is 23.6 Å². The summed E-state index contributed by atoms with van der Waals surface area (Å²) < 4.78 is 43.4. The maximum atomic E-state index is 12.8. The van der Waals surface area contributed by atoms with Crippen molar-refractivity contribution in [2.75, 3.05) is 13.2 Å². The van der Waals surface area contributed by atoms with E-state index >= 15 is 0 Å². The Morgan fingerprint density at radius 1 is 1.15 bits per heavy atom. The number of hydrogen-bond donors (Lipinski definition) is 2. The topological polar surface area (TPSA) is 88.5 Å². The number of alkyl halides is 3. The van der Waals surface area contributed by atoms with Crippen LogP contribution in [-0.4, -0.2) is 35.1 Å². The van der Waals surface area contributed by atoms with Gasteiger partial charge in [-0.2, -0.15) is 13.2 Å². The van der Waals surface area contributed by atoms with Crippen LogP contribution in [0, 0.1) is 0 Å². The molecule has 27 heavy (non-hydrogen) atoms. The molecular formula is C18H17F3N2O4. The molecule has 1 amide bonds. The molecule has 9 heteroatoms. The van der Waals surface area contributed by atoms with Gasteiger partial charge in [0.15, 0.2) is 0 Å². The van der Waals surface area contributed by atoms with E-state index in [2.05, 4.69) is 10.3 Å². The molecule has 2 rings (SSSR count). The van der Waals surface area contributed by atoms with Crippen molar-refractivity contribution in [2.24, 2.45) is 0 Å². The van der Waals surface area contributed by atoms with Gasteiger partial charge in [0.1, 0.15) is 12.2 Å². The monoisotopic (exact) mass is 382 g/mol. The number of hydrogen-bond acceptors (Lipinski definition) is 4. The van der Waals surface area contributed by atoms with Gasteiger partial charge >= 0.3 is 12.1 Å². The highest BCUT2D eigenvalue weighted by molar-refractivity contribution is 5.87. The number of nitrogens with one attached hydrogen (secondary N) is 1. The third-order valence-electron chi connectivity index (χ3n) is 3.58. The van der Waals surface area contributed by atoms with Crippen molar-refractivity contribution in [3.63, 3.8) is 0 Å². The molecule has 0 spiro atoms. The summed E-state index contributed by atoms with van der Waals surface area (Å²) in [7, 11) is 0. The van der Waals surface area contributed by atoms with Crippen LogP contribution in [0.2, 0.25) is 0 Å². The summed E-state index contributed by atoms with van der Waals surface area (Å²) in [5, 5.41) is 11.4. The first-order valence-electron chi connectivity index (χ1n) is 8.01. The first-order chi connectivity index (χ1) is 12.8. The highest BCUT2D eigenvalue weighted by Gasteiger charge is 2.34. The minimum Gasteiger partial charge on any atom is -0.478 e. The Bertz CT molecular complexity index is 792. The second-order valence-corrected chi connectivity index (χ2v) is 5.55. The van der Waals surface area contributed by atoms with Crippen LogP contribution < -0.4 is 10.1 Å². The summed E-state index contributed by atoms with van der Waals surface area (Å²) in [4.78, 5) is 26.1. The number of pyridine rings is 1. The van der Waals surface area contributed by atoms with Crippen molar-refractivity contribution >= 4 is 11.9 Å². The van der Waals surface area contributed by atoms with Gasteiger partial charge in [0.05, 0.1) is 12.1 Å². The molecule has 2 aromatic rings. The molecule has 0 saturated heterocycles. The van der Waals surface area contributed by atoms with Gasteiger partial charge in [-0.25, -0.2) is 9.78 Å². The maximum absolute atomic E-state index is 12.8. The fraction of sp³-hybridized carbons (Fsp3) is 0.278. The molecule has 0 bridgehead atoms. The van der Waals surface area contributed by atoms with E-state index in [-0.39, 0.29) is 31.0 Å². The van der Waals surface area contributed by atoms with Gasteiger partial charge in [-0.05, 0) is 36.2 Å². The zero-order chi connectivity index (χ0) is 19.9. The third-order valence-corrected chi connectivity index (χ3v) is 3.58. The largest absolute Gasteiger partial charge is 0.478 e. The summed E-state index contributed by atoms with van der Waals surface area (Å²) >= 11 is 0. The highest BCUT2D eigenvalue weighted by Crippen LogP contribution is 2.34. The predicted molar refractivity (Wildman–Crippen MR) is 89.5 cm³/mol. The van der Waals surface area contributed by atoms with Crippen molar-refractivity contribution in [3.05, 3.63) is 59.3 Å². The number of carboxylic acid groups (broad SMARTS) is 1. The van der Waals surface area contributed by atoms with Crippen LogP contribution in [0.1, 0.15) is 27.9 Å². The summed E-state index contributed by atoms with van der Waals surface area (Å²) in [5.74, 6) is -1.85. The molecule has 1 heterocycles. The fourth-order valence-corrected chi connectivity index (χ4v) is 2.22. The van der Waals surface area contributed by atoms with E-state index in [4.69, 9.17) is 9.84 Å². The minimum absolute atomic E-state index is 0.0324. The van der Waals surface area contributed by atoms with Crippen LogP contribution in [0.3, 0.4) is 0 Å². The number of carbonyl (C=O) groups excluding carboxylic acids is 1. The fourth-order valence-electron chi connectivity index (χ4n) is 2.22. The molecule has 1 aromatic heterocycles. The van der Waals surface area contributed by atoms with Crippen LogP contribution >= 0.6 is 0 Å². The number of carboxylic acids is 1. The first-order valence-corrected chi connectivity index (χ1v) is 8.01. The van der Waals surface area contributed by atoms with Crippen molar-refractivity contribution in [2.45, 2.75) is 19.0 Å². The highest BCUT2D eigenvalue weighted by atomic mass is 19.4. The first kappa shape index (κ1) is 20.2. The summed E-state index contributed by atoms with van der Waals surface area (Å²) in [5.41, 5.74) is -0.0102. The van der Waals surface area contributed by atoms with Crippen molar-refractivity contribution < 1.29 is 32.6 Å². The van der Waals surface area contributed by atoms with Gasteiger partial charge in [-0.1, -0.05) is 12.1 Å². The van der Waals surface area contributed by atoms with E-state index in [0.717, 1.165) is 11.6 Å². The lowest BCUT2D eigenvalue weighted by Crippen LogP contribution is -2.28. The van der Waals surface area contributed by atoms with E-state index in [1.807, 2.05) is 0 Å². The molecule has 0 aliphatic rings. The lowest BCUT2D eigenvalue weighted by atomic mass is 10.1. The van der Waals surface area contributed by atoms with Crippen LogP contribution in [0.15, 0.2) is 42.6 Å². The van der Waals surface area contributed by atoms with Crippen LogP contribution in [0.5, 0.6) is 5.88 Å². The summed E-state index contributed by atoms with van der Waals surface area (Å²) in [6.45, 7) is -0.121. The molecule has 6 nitrogen and oxygen atoms in total. The predicted octanol–water partition coefficient (Wildman–Crippen LogP) is 2.93. The van der Waals surface area contributed by atoms with Crippen LogP contribution in [0.25, 0.3) is 0 Å². The van der Waals surface area contributed by atoms with Gasteiger partial charge in [0.25, 0.3) is 0 Å². The summed E-state index contributed by atoms with van der Waals surface area (Å²) in [6.07, 6.45) is -2.81. The molecule has 0 aliphatic heterocycles. The second-order valence-electron chi connectivity index (χ2n) is 5.55. The number of carbonyl (C=O) groups is 2. The van der Waals surface area contributed by atoms with Gasteiger partial charge in [-0.15, -0.1) is 0 Å². The summed E-state index contributed by atoms with van der Waals surface area (Å²) in [6, 6.07) is 8.19. The molecule has 0 unspecified atom stereocenters. The van der Waals surface area contributed by atoms with E-state index in [0.29, 0.717) is 6.42 Å². The van der Waals surface area contributed by atoms with Gasteiger partial charge in [0, 0.05) is 12.6 Å². The Labute approximate surface area is 153 Å². The van der Waals surface area contributed by atoms with Gasteiger partial charge < -0.3 is 15.2 Å². The Morgan fingerprint density at radius 3 is 2.48 bits per heavy atom.